The second kappa shape index (κ2) is 4.20. The van der Waals surface area contributed by atoms with E-state index in [0.29, 0.717) is 11.6 Å². The number of thiazole rings is 1. The summed E-state index contributed by atoms with van der Waals surface area (Å²) in [5, 5.41) is 5.35. The molecule has 0 fully saturated rings. The number of hydrogen-bond acceptors (Lipinski definition) is 4. The molecular weight excluding hydrogens is 160 g/mol. The van der Waals surface area contributed by atoms with Crippen LogP contribution < -0.4 is 5.32 Å². The molecule has 3 nitrogen and oxygen atoms in total. The van der Waals surface area contributed by atoms with Crippen LogP contribution in [0.15, 0.2) is 11.6 Å². The molecule has 0 spiro atoms. The van der Waals surface area contributed by atoms with Gasteiger partial charge in [-0.15, -0.1) is 11.3 Å². The van der Waals surface area contributed by atoms with Gasteiger partial charge in [-0.2, -0.15) is 0 Å². The molecule has 60 valence electrons. The minimum Gasteiger partial charge on any atom is -0.310 e. The van der Waals surface area contributed by atoms with E-state index in [4.69, 9.17) is 0 Å². The molecule has 1 aromatic rings. The Hall–Kier alpha value is -0.740. The van der Waals surface area contributed by atoms with Crippen molar-refractivity contribution in [2.75, 3.05) is 13.1 Å². The van der Waals surface area contributed by atoms with E-state index in [1.54, 1.807) is 11.6 Å². The molecule has 0 radical (unpaired) electrons. The molecule has 1 aromatic heterocycles. The van der Waals surface area contributed by atoms with Crippen LogP contribution in [0.3, 0.4) is 0 Å². The van der Waals surface area contributed by atoms with Gasteiger partial charge in [0.25, 0.3) is 0 Å². The molecule has 1 heterocycles. The van der Waals surface area contributed by atoms with Gasteiger partial charge in [0.1, 0.15) is 0 Å². The third-order valence-electron chi connectivity index (χ3n) is 1.21. The van der Waals surface area contributed by atoms with Gasteiger partial charge in [-0.3, -0.25) is 4.79 Å². The highest BCUT2D eigenvalue weighted by Crippen LogP contribution is 2.03. The quantitative estimate of drug-likeness (QED) is 0.684. The van der Waals surface area contributed by atoms with Gasteiger partial charge in [0.2, 0.25) is 5.78 Å². The number of carbonyl (C=O) groups excluding carboxylic acids is 1. The number of Topliss-reactive ketones (excluding diaryl/α,β-unsaturated/α-hetero) is 1. The lowest BCUT2D eigenvalue weighted by atomic mass is 10.4. The van der Waals surface area contributed by atoms with Crippen LogP contribution in [-0.4, -0.2) is 23.9 Å². The molecule has 0 aliphatic rings. The van der Waals surface area contributed by atoms with Crippen molar-refractivity contribution in [3.05, 3.63) is 16.6 Å². The third-order valence-corrected chi connectivity index (χ3v) is 2.02. The molecule has 1 N–H and O–H groups in total. The summed E-state index contributed by atoms with van der Waals surface area (Å²) in [5.41, 5.74) is 0. The molecule has 1 rings (SSSR count). The number of carbonyl (C=O) groups is 1. The minimum atomic E-state index is 0.0712. The van der Waals surface area contributed by atoms with Crippen LogP contribution in [0.25, 0.3) is 0 Å². The molecule has 0 bridgehead atoms. The molecule has 0 amide bonds. The van der Waals surface area contributed by atoms with Crippen molar-refractivity contribution in [2.24, 2.45) is 0 Å². The van der Waals surface area contributed by atoms with E-state index in [0.717, 1.165) is 6.54 Å². The van der Waals surface area contributed by atoms with Crippen molar-refractivity contribution in [3.8, 4) is 0 Å². The number of hydrogen-bond donors (Lipinski definition) is 1. The lowest BCUT2D eigenvalue weighted by molar-refractivity contribution is 0.0991. The van der Waals surface area contributed by atoms with Crippen LogP contribution in [0.1, 0.15) is 16.7 Å². The normalized spacial score (nSPS) is 9.91. The maximum atomic E-state index is 11.2. The number of nitrogens with one attached hydrogen (secondary N) is 1. The summed E-state index contributed by atoms with van der Waals surface area (Å²) in [7, 11) is 0. The van der Waals surface area contributed by atoms with Crippen molar-refractivity contribution in [3.63, 3.8) is 0 Å². The van der Waals surface area contributed by atoms with Gasteiger partial charge in [-0.1, -0.05) is 6.92 Å². The maximum absolute atomic E-state index is 11.2. The molecule has 0 unspecified atom stereocenters. The van der Waals surface area contributed by atoms with Crippen LogP contribution in [0, 0.1) is 0 Å². The second-order valence-electron chi connectivity index (χ2n) is 2.04. The summed E-state index contributed by atoms with van der Waals surface area (Å²) < 4.78 is 0. The highest BCUT2D eigenvalue weighted by molar-refractivity contribution is 7.11. The van der Waals surface area contributed by atoms with Gasteiger partial charge in [0.15, 0.2) is 5.01 Å². The van der Waals surface area contributed by atoms with Crippen LogP contribution in [0.4, 0.5) is 0 Å². The standard InChI is InChI=1S/C7H10N2OS/c1-2-8-5-6(10)7-9-3-4-11-7/h3-4,8H,2,5H2,1H3. The molecule has 0 aliphatic carbocycles. The summed E-state index contributed by atoms with van der Waals surface area (Å²) in [4.78, 5) is 15.0. The first-order valence-electron chi connectivity index (χ1n) is 3.48. The Balaban J connectivity index is 2.43. The van der Waals surface area contributed by atoms with Crippen molar-refractivity contribution in [2.45, 2.75) is 6.92 Å². The van der Waals surface area contributed by atoms with Gasteiger partial charge in [-0.05, 0) is 6.54 Å². The minimum absolute atomic E-state index is 0.0712. The third kappa shape index (κ3) is 2.40. The second-order valence-corrected chi connectivity index (χ2v) is 2.94. The Bertz CT molecular complexity index is 220. The molecule has 0 aromatic carbocycles. The summed E-state index contributed by atoms with van der Waals surface area (Å²) in [5.74, 6) is 0.0712. The van der Waals surface area contributed by atoms with E-state index in [1.165, 1.54) is 11.3 Å². The fraction of sp³-hybridized carbons (Fsp3) is 0.429. The van der Waals surface area contributed by atoms with E-state index in [1.807, 2.05) is 6.92 Å². The number of ketones is 1. The van der Waals surface area contributed by atoms with E-state index in [9.17, 15) is 4.79 Å². The zero-order valence-corrected chi connectivity index (χ0v) is 7.15. The summed E-state index contributed by atoms with van der Waals surface area (Å²) >= 11 is 1.38. The fourth-order valence-corrected chi connectivity index (χ4v) is 1.25. The number of rotatable bonds is 4. The van der Waals surface area contributed by atoms with E-state index in [-0.39, 0.29) is 5.78 Å². The molecule has 0 aliphatic heterocycles. The zero-order valence-electron chi connectivity index (χ0n) is 6.33. The predicted molar refractivity (Wildman–Crippen MR) is 45.0 cm³/mol. The Morgan fingerprint density at radius 1 is 1.82 bits per heavy atom. The Morgan fingerprint density at radius 3 is 3.18 bits per heavy atom. The SMILES string of the molecule is CCNCC(=O)c1nccs1. The molecule has 4 heteroatoms. The van der Waals surface area contributed by atoms with Crippen molar-refractivity contribution in [1.29, 1.82) is 0 Å². The average Bonchev–Trinajstić information content (AvgIpc) is 2.52. The van der Waals surface area contributed by atoms with Crippen molar-refractivity contribution < 1.29 is 4.79 Å². The fourth-order valence-electron chi connectivity index (χ4n) is 0.675. The van der Waals surface area contributed by atoms with Crippen LogP contribution in [0.2, 0.25) is 0 Å². The molecule has 0 atom stereocenters. The largest absolute Gasteiger partial charge is 0.310 e. The summed E-state index contributed by atoms with van der Waals surface area (Å²) in [6.07, 6.45) is 1.64. The monoisotopic (exact) mass is 170 g/mol. The van der Waals surface area contributed by atoms with Crippen molar-refractivity contribution >= 4 is 17.1 Å². The molecule has 0 saturated heterocycles. The van der Waals surface area contributed by atoms with Crippen molar-refractivity contribution in [1.82, 2.24) is 10.3 Å². The average molecular weight is 170 g/mol. The first-order chi connectivity index (χ1) is 5.34. The molecule has 0 saturated carbocycles. The first-order valence-corrected chi connectivity index (χ1v) is 4.36. The topological polar surface area (TPSA) is 42.0 Å². The lowest BCUT2D eigenvalue weighted by Gasteiger charge is -1.95. The van der Waals surface area contributed by atoms with Gasteiger partial charge in [0.05, 0.1) is 6.54 Å². The number of aromatic nitrogens is 1. The van der Waals surface area contributed by atoms with Crippen LogP contribution in [-0.2, 0) is 0 Å². The summed E-state index contributed by atoms with van der Waals surface area (Å²) in [6.45, 7) is 3.18. The smallest absolute Gasteiger partial charge is 0.205 e. The van der Waals surface area contributed by atoms with Gasteiger partial charge < -0.3 is 5.32 Å². The van der Waals surface area contributed by atoms with E-state index < -0.39 is 0 Å². The Morgan fingerprint density at radius 2 is 2.64 bits per heavy atom. The summed E-state index contributed by atoms with van der Waals surface area (Å²) in [6, 6.07) is 0. The van der Waals surface area contributed by atoms with Gasteiger partial charge >= 0.3 is 0 Å². The lowest BCUT2D eigenvalue weighted by Crippen LogP contribution is -2.22. The Labute approximate surface area is 69.5 Å². The van der Waals surface area contributed by atoms with Gasteiger partial charge in [-0.25, -0.2) is 4.98 Å². The molecular formula is C7H10N2OS. The number of likely N-dealkylation sites (N-methyl/N-ethyl adjacent to an activating group) is 1. The zero-order chi connectivity index (χ0) is 8.10. The van der Waals surface area contributed by atoms with Crippen LogP contribution in [0.5, 0.6) is 0 Å². The van der Waals surface area contributed by atoms with E-state index in [2.05, 4.69) is 10.3 Å². The highest BCUT2D eigenvalue weighted by Gasteiger charge is 2.05. The van der Waals surface area contributed by atoms with E-state index >= 15 is 0 Å². The predicted octanol–water partition coefficient (Wildman–Crippen LogP) is 0.935. The first kappa shape index (κ1) is 8.36. The molecule has 11 heavy (non-hydrogen) atoms. The van der Waals surface area contributed by atoms with Gasteiger partial charge in [0, 0.05) is 11.6 Å². The maximum Gasteiger partial charge on any atom is 0.205 e. The van der Waals surface area contributed by atoms with Crippen LogP contribution >= 0.6 is 11.3 Å². The highest BCUT2D eigenvalue weighted by atomic mass is 32.1. The number of nitrogens with zero attached hydrogens (tertiary/aromatic N) is 1. The Kier molecular flexibility index (Phi) is 3.19.